The molecule has 0 spiro atoms. The summed E-state index contributed by atoms with van der Waals surface area (Å²) in [5, 5.41) is 6.45. The molecule has 2 N–H and O–H groups in total. The molecule has 2 fully saturated rings. The van der Waals surface area contributed by atoms with E-state index in [0.29, 0.717) is 5.92 Å². The molecular weight excluding hydrogens is 240 g/mol. The Labute approximate surface area is 113 Å². The zero-order chi connectivity index (χ0) is 13.1. The lowest BCUT2D eigenvalue weighted by Gasteiger charge is -2.17. The number of aryl methyl sites for hydroxylation is 1. The number of aromatic nitrogens is 2. The molecule has 19 heavy (non-hydrogen) atoms. The van der Waals surface area contributed by atoms with E-state index in [2.05, 4.69) is 15.6 Å². The Hall–Kier alpha value is -1.36. The molecule has 0 bridgehead atoms. The van der Waals surface area contributed by atoms with Crippen LogP contribution in [0.3, 0.4) is 0 Å². The van der Waals surface area contributed by atoms with E-state index in [-0.39, 0.29) is 11.9 Å². The van der Waals surface area contributed by atoms with Crippen molar-refractivity contribution in [2.24, 2.45) is 11.8 Å². The van der Waals surface area contributed by atoms with Crippen molar-refractivity contribution in [3.63, 3.8) is 0 Å². The van der Waals surface area contributed by atoms with Gasteiger partial charge in [0.05, 0.1) is 12.4 Å². The van der Waals surface area contributed by atoms with Gasteiger partial charge < -0.3 is 15.2 Å². The minimum Gasteiger partial charge on any atom is -0.355 e. The monoisotopic (exact) mass is 262 g/mol. The second-order valence-corrected chi connectivity index (χ2v) is 5.69. The Morgan fingerprint density at radius 2 is 2.42 bits per heavy atom. The maximum absolute atomic E-state index is 12.2. The molecule has 104 valence electrons. The molecule has 1 saturated heterocycles. The van der Waals surface area contributed by atoms with Crippen LogP contribution in [0.25, 0.3) is 0 Å². The van der Waals surface area contributed by atoms with Crippen molar-refractivity contribution in [2.45, 2.75) is 38.3 Å². The van der Waals surface area contributed by atoms with Gasteiger partial charge in [0, 0.05) is 25.5 Å². The number of rotatable bonds is 5. The Morgan fingerprint density at radius 1 is 1.47 bits per heavy atom. The summed E-state index contributed by atoms with van der Waals surface area (Å²) < 4.78 is 2.03. The summed E-state index contributed by atoms with van der Waals surface area (Å²) in [4.78, 5) is 16.2. The number of carbonyl (C=O) groups is 1. The third kappa shape index (κ3) is 2.81. The summed E-state index contributed by atoms with van der Waals surface area (Å²) in [7, 11) is 0. The first-order chi connectivity index (χ1) is 9.34. The maximum atomic E-state index is 12.2. The highest BCUT2D eigenvalue weighted by Gasteiger charge is 2.42. The summed E-state index contributed by atoms with van der Waals surface area (Å²) >= 11 is 0. The summed E-state index contributed by atoms with van der Waals surface area (Å²) in [5.41, 5.74) is 0. The second-order valence-electron chi connectivity index (χ2n) is 5.69. The van der Waals surface area contributed by atoms with Crippen molar-refractivity contribution in [2.75, 3.05) is 13.1 Å². The van der Waals surface area contributed by atoms with Gasteiger partial charge in [0.1, 0.15) is 0 Å². The number of carbonyl (C=O) groups excluding carboxylic acids is 1. The predicted molar refractivity (Wildman–Crippen MR) is 72.5 cm³/mol. The summed E-state index contributed by atoms with van der Waals surface area (Å²) in [6.07, 6.45) is 10.3. The lowest BCUT2D eigenvalue weighted by molar-refractivity contribution is -0.123. The molecule has 1 aliphatic carbocycles. The molecule has 1 aromatic rings. The van der Waals surface area contributed by atoms with Crippen LogP contribution in [0.5, 0.6) is 0 Å². The normalized spacial score (nSPS) is 29.4. The number of nitrogens with zero attached hydrogens (tertiary/aromatic N) is 2. The topological polar surface area (TPSA) is 59.0 Å². The van der Waals surface area contributed by atoms with Gasteiger partial charge in [0.25, 0.3) is 0 Å². The Balaban J connectivity index is 1.39. The smallest absolute Gasteiger partial charge is 0.237 e. The van der Waals surface area contributed by atoms with Gasteiger partial charge in [-0.1, -0.05) is 6.42 Å². The van der Waals surface area contributed by atoms with Crippen LogP contribution in [0, 0.1) is 11.8 Å². The fourth-order valence-electron chi connectivity index (χ4n) is 3.48. The van der Waals surface area contributed by atoms with E-state index >= 15 is 0 Å². The molecule has 1 amide bonds. The van der Waals surface area contributed by atoms with Crippen LogP contribution in [0.15, 0.2) is 18.7 Å². The lowest BCUT2D eigenvalue weighted by Crippen LogP contribution is -2.44. The molecule has 3 unspecified atom stereocenters. The minimum absolute atomic E-state index is 0.0562. The molecule has 5 heteroatoms. The Bertz CT molecular complexity index is 417. The summed E-state index contributed by atoms with van der Waals surface area (Å²) in [6, 6.07) is 0.0562. The van der Waals surface area contributed by atoms with Crippen LogP contribution >= 0.6 is 0 Å². The summed E-state index contributed by atoms with van der Waals surface area (Å²) in [5.74, 6) is 1.51. The third-order valence-corrected chi connectivity index (χ3v) is 4.48. The van der Waals surface area contributed by atoms with Crippen molar-refractivity contribution >= 4 is 5.91 Å². The van der Waals surface area contributed by atoms with Crippen LogP contribution in [0.4, 0.5) is 0 Å². The standard InChI is InChI=1S/C14H22N4O/c19-14(13-12-4-1-3-11(12)9-17-13)16-5-2-7-18-8-6-15-10-18/h6,8,10-13,17H,1-5,7,9H2,(H,16,19). The largest absolute Gasteiger partial charge is 0.355 e. The van der Waals surface area contributed by atoms with Crippen molar-refractivity contribution < 1.29 is 4.79 Å². The van der Waals surface area contributed by atoms with Gasteiger partial charge in [-0.05, 0) is 37.6 Å². The third-order valence-electron chi connectivity index (χ3n) is 4.48. The zero-order valence-corrected chi connectivity index (χ0v) is 11.2. The van der Waals surface area contributed by atoms with E-state index in [1.165, 1.54) is 19.3 Å². The van der Waals surface area contributed by atoms with Crippen molar-refractivity contribution in [3.05, 3.63) is 18.7 Å². The summed E-state index contributed by atoms with van der Waals surface area (Å²) in [6.45, 7) is 2.68. The van der Waals surface area contributed by atoms with Crippen LogP contribution in [-0.4, -0.2) is 34.6 Å². The molecular formula is C14H22N4O. The number of hydrogen-bond donors (Lipinski definition) is 2. The van der Waals surface area contributed by atoms with E-state index < -0.39 is 0 Å². The molecule has 1 aliphatic heterocycles. The Kier molecular flexibility index (Phi) is 3.82. The highest BCUT2D eigenvalue weighted by atomic mass is 16.2. The minimum atomic E-state index is 0.0562. The molecule has 0 radical (unpaired) electrons. The number of fused-ring (bicyclic) bond motifs is 1. The molecule has 5 nitrogen and oxygen atoms in total. The Morgan fingerprint density at radius 3 is 3.26 bits per heavy atom. The fourth-order valence-corrected chi connectivity index (χ4v) is 3.48. The molecule has 0 aromatic carbocycles. The molecule has 3 atom stereocenters. The van der Waals surface area contributed by atoms with E-state index in [1.54, 1.807) is 6.20 Å². The first-order valence-corrected chi connectivity index (χ1v) is 7.31. The van der Waals surface area contributed by atoms with Gasteiger partial charge >= 0.3 is 0 Å². The first kappa shape index (κ1) is 12.7. The lowest BCUT2D eigenvalue weighted by atomic mass is 9.93. The van der Waals surface area contributed by atoms with Crippen molar-refractivity contribution in [1.82, 2.24) is 20.2 Å². The van der Waals surface area contributed by atoms with Crippen molar-refractivity contribution in [1.29, 1.82) is 0 Å². The first-order valence-electron chi connectivity index (χ1n) is 7.31. The van der Waals surface area contributed by atoms with Gasteiger partial charge in [0.15, 0.2) is 0 Å². The predicted octanol–water partition coefficient (Wildman–Crippen LogP) is 0.777. The van der Waals surface area contributed by atoms with E-state index in [1.807, 2.05) is 17.1 Å². The molecule has 2 heterocycles. The van der Waals surface area contributed by atoms with Gasteiger partial charge in [0.2, 0.25) is 5.91 Å². The van der Waals surface area contributed by atoms with Gasteiger partial charge in [-0.3, -0.25) is 4.79 Å². The van der Waals surface area contributed by atoms with Crippen LogP contribution < -0.4 is 10.6 Å². The van der Waals surface area contributed by atoms with Gasteiger partial charge in [-0.15, -0.1) is 0 Å². The molecule has 2 aliphatic rings. The van der Waals surface area contributed by atoms with E-state index in [9.17, 15) is 4.79 Å². The second kappa shape index (κ2) is 5.74. The number of hydrogen-bond acceptors (Lipinski definition) is 3. The fraction of sp³-hybridized carbons (Fsp3) is 0.714. The number of amides is 1. The van der Waals surface area contributed by atoms with E-state index in [0.717, 1.165) is 32.0 Å². The number of imidazole rings is 1. The zero-order valence-electron chi connectivity index (χ0n) is 11.2. The van der Waals surface area contributed by atoms with Crippen LogP contribution in [0.1, 0.15) is 25.7 Å². The van der Waals surface area contributed by atoms with Gasteiger partial charge in [-0.25, -0.2) is 4.98 Å². The highest BCUT2D eigenvalue weighted by molar-refractivity contribution is 5.82. The number of nitrogens with one attached hydrogen (secondary N) is 2. The molecule has 1 aromatic heterocycles. The highest BCUT2D eigenvalue weighted by Crippen LogP contribution is 2.37. The van der Waals surface area contributed by atoms with Gasteiger partial charge in [-0.2, -0.15) is 0 Å². The quantitative estimate of drug-likeness (QED) is 0.771. The molecule has 3 rings (SSSR count). The van der Waals surface area contributed by atoms with Crippen molar-refractivity contribution in [3.8, 4) is 0 Å². The van der Waals surface area contributed by atoms with Crippen LogP contribution in [0.2, 0.25) is 0 Å². The maximum Gasteiger partial charge on any atom is 0.237 e. The average Bonchev–Trinajstić information content (AvgIpc) is 3.10. The van der Waals surface area contributed by atoms with E-state index in [4.69, 9.17) is 0 Å². The average molecular weight is 262 g/mol. The van der Waals surface area contributed by atoms with Crippen LogP contribution in [-0.2, 0) is 11.3 Å². The molecule has 1 saturated carbocycles. The SMILES string of the molecule is O=C(NCCCn1ccnc1)C1NCC2CCCC21.